The fourth-order valence-electron chi connectivity index (χ4n) is 5.46. The number of ketones is 1. The highest BCUT2D eigenvalue weighted by Crippen LogP contribution is 2.60. The number of carbonyl (C=O) groups excluding carboxylic acids is 1. The van der Waals surface area contributed by atoms with Gasteiger partial charge >= 0.3 is 0 Å². The van der Waals surface area contributed by atoms with Crippen LogP contribution in [0, 0.1) is 17.3 Å². The van der Waals surface area contributed by atoms with Gasteiger partial charge in [0.15, 0.2) is 0 Å². The number of aryl methyl sites for hydroxylation is 1. The molecule has 0 heterocycles. The molecule has 0 bridgehead atoms. The summed E-state index contributed by atoms with van der Waals surface area (Å²) < 4.78 is 0. The predicted molar refractivity (Wildman–Crippen MR) is 82.2 cm³/mol. The second kappa shape index (κ2) is 4.72. The van der Waals surface area contributed by atoms with Crippen molar-refractivity contribution in [3.8, 4) is 0 Å². The number of fused-ring (bicyclic) bond motifs is 5. The van der Waals surface area contributed by atoms with Crippen LogP contribution < -0.4 is 0 Å². The quantitative estimate of drug-likeness (QED) is 0.785. The van der Waals surface area contributed by atoms with Gasteiger partial charge in [0.1, 0.15) is 5.78 Å². The molecule has 4 atom stereocenters. The van der Waals surface area contributed by atoms with Crippen molar-refractivity contribution in [3.63, 3.8) is 0 Å². The minimum absolute atomic E-state index is 0.357. The molecular formula is C19H22O2. The molecule has 110 valence electrons. The molecule has 21 heavy (non-hydrogen) atoms. The van der Waals surface area contributed by atoms with Gasteiger partial charge in [-0.15, -0.1) is 0 Å². The molecule has 1 aromatic carbocycles. The first-order valence-corrected chi connectivity index (χ1v) is 8.19. The van der Waals surface area contributed by atoms with Crippen LogP contribution in [0.3, 0.4) is 0 Å². The predicted octanol–water partition coefficient (Wildman–Crippen LogP) is 4.16. The van der Waals surface area contributed by atoms with Crippen molar-refractivity contribution in [2.75, 3.05) is 0 Å². The molecule has 2 heteroatoms. The fraction of sp³-hybridized carbons (Fsp3) is 0.526. The Labute approximate surface area is 125 Å². The van der Waals surface area contributed by atoms with E-state index in [1.54, 1.807) is 0 Å². The van der Waals surface area contributed by atoms with Crippen molar-refractivity contribution in [2.45, 2.75) is 44.4 Å². The SMILES string of the molecule is O=C1CC[C@H]2[C@@H]3CCc4ccccc4[C@H]3CC[C@]12C=CO. The smallest absolute Gasteiger partial charge is 0.143 e. The normalized spacial score (nSPS) is 38.1. The van der Waals surface area contributed by atoms with E-state index < -0.39 is 0 Å². The molecule has 0 radical (unpaired) electrons. The van der Waals surface area contributed by atoms with Gasteiger partial charge in [0.25, 0.3) is 0 Å². The number of aliphatic hydroxyl groups is 1. The Morgan fingerprint density at radius 2 is 2.00 bits per heavy atom. The number of hydrogen-bond acceptors (Lipinski definition) is 2. The molecule has 0 saturated heterocycles. The van der Waals surface area contributed by atoms with E-state index >= 15 is 0 Å². The van der Waals surface area contributed by atoms with E-state index in [1.165, 1.54) is 17.5 Å². The van der Waals surface area contributed by atoms with Crippen molar-refractivity contribution >= 4 is 5.78 Å². The Balaban J connectivity index is 1.74. The van der Waals surface area contributed by atoms with Gasteiger partial charge in [0, 0.05) is 6.42 Å². The first kappa shape index (κ1) is 13.1. The molecule has 1 aromatic rings. The Morgan fingerprint density at radius 1 is 1.14 bits per heavy atom. The summed E-state index contributed by atoms with van der Waals surface area (Å²) in [6.45, 7) is 0. The van der Waals surface area contributed by atoms with E-state index in [2.05, 4.69) is 24.3 Å². The summed E-state index contributed by atoms with van der Waals surface area (Å²) in [5.41, 5.74) is 2.67. The summed E-state index contributed by atoms with van der Waals surface area (Å²) in [4.78, 5) is 12.5. The number of hydrogen-bond donors (Lipinski definition) is 1. The first-order chi connectivity index (χ1) is 10.3. The van der Waals surface area contributed by atoms with Crippen LogP contribution in [0.25, 0.3) is 0 Å². The number of carbonyl (C=O) groups is 1. The third kappa shape index (κ3) is 1.74. The molecule has 0 unspecified atom stereocenters. The van der Waals surface area contributed by atoms with Gasteiger partial charge in [-0.2, -0.15) is 0 Å². The van der Waals surface area contributed by atoms with E-state index in [-0.39, 0.29) is 5.41 Å². The number of benzene rings is 1. The maximum Gasteiger partial charge on any atom is 0.143 e. The standard InChI is InChI=1S/C19H22O2/c20-12-11-19-10-9-15-14-4-2-1-3-13(14)5-6-16(15)17(19)7-8-18(19)21/h1-4,11-12,15-17,20H,5-10H2/t15-,16-,17+,19-/m1/s1. The summed E-state index contributed by atoms with van der Waals surface area (Å²) in [5, 5.41) is 9.30. The number of allylic oxidation sites excluding steroid dienone is 1. The van der Waals surface area contributed by atoms with Crippen LogP contribution in [0.5, 0.6) is 0 Å². The van der Waals surface area contributed by atoms with Gasteiger partial charge in [0.2, 0.25) is 0 Å². The molecule has 0 aromatic heterocycles. The highest BCUT2D eigenvalue weighted by Gasteiger charge is 2.55. The summed E-state index contributed by atoms with van der Waals surface area (Å²) >= 11 is 0. The lowest BCUT2D eigenvalue weighted by Gasteiger charge is -2.48. The van der Waals surface area contributed by atoms with Crippen molar-refractivity contribution in [1.82, 2.24) is 0 Å². The molecule has 4 rings (SSSR count). The van der Waals surface area contributed by atoms with Crippen LogP contribution in [0.1, 0.15) is 49.1 Å². The Hall–Kier alpha value is -1.57. The van der Waals surface area contributed by atoms with Crippen LogP contribution in [0.2, 0.25) is 0 Å². The van der Waals surface area contributed by atoms with Gasteiger partial charge in [-0.1, -0.05) is 24.3 Å². The zero-order valence-electron chi connectivity index (χ0n) is 12.3. The summed E-state index contributed by atoms with van der Waals surface area (Å²) in [5.74, 6) is 2.01. The van der Waals surface area contributed by atoms with E-state index in [4.69, 9.17) is 0 Å². The Morgan fingerprint density at radius 3 is 2.86 bits per heavy atom. The third-order valence-electron chi connectivity index (χ3n) is 6.34. The van der Waals surface area contributed by atoms with Crippen LogP contribution in [0.15, 0.2) is 36.6 Å². The third-order valence-corrected chi connectivity index (χ3v) is 6.34. The molecule has 2 nitrogen and oxygen atoms in total. The van der Waals surface area contributed by atoms with E-state index in [1.807, 2.05) is 6.08 Å². The van der Waals surface area contributed by atoms with E-state index in [0.29, 0.717) is 30.0 Å². The van der Waals surface area contributed by atoms with Crippen molar-refractivity contribution in [2.24, 2.45) is 17.3 Å². The van der Waals surface area contributed by atoms with Crippen LogP contribution in [-0.2, 0) is 11.2 Å². The van der Waals surface area contributed by atoms with Gasteiger partial charge in [0.05, 0.1) is 11.7 Å². The van der Waals surface area contributed by atoms with E-state index in [9.17, 15) is 9.90 Å². The minimum Gasteiger partial charge on any atom is -0.516 e. The fourth-order valence-corrected chi connectivity index (χ4v) is 5.46. The summed E-state index contributed by atoms with van der Waals surface area (Å²) in [7, 11) is 0. The lowest BCUT2D eigenvalue weighted by atomic mass is 9.55. The maximum atomic E-state index is 12.5. The molecule has 3 aliphatic rings. The first-order valence-electron chi connectivity index (χ1n) is 8.19. The number of aliphatic hydroxyl groups excluding tert-OH is 1. The number of rotatable bonds is 1. The monoisotopic (exact) mass is 282 g/mol. The Bertz CT molecular complexity index is 603. The topological polar surface area (TPSA) is 37.3 Å². The highest BCUT2D eigenvalue weighted by molar-refractivity contribution is 5.89. The average Bonchev–Trinajstić information content (AvgIpc) is 2.85. The van der Waals surface area contributed by atoms with E-state index in [0.717, 1.165) is 31.9 Å². The number of Topliss-reactive ketones (excluding diaryl/α,β-unsaturated/α-hetero) is 1. The van der Waals surface area contributed by atoms with Crippen LogP contribution >= 0.6 is 0 Å². The van der Waals surface area contributed by atoms with Crippen molar-refractivity contribution < 1.29 is 9.90 Å². The highest BCUT2D eigenvalue weighted by atomic mass is 16.2. The zero-order chi connectivity index (χ0) is 14.4. The zero-order valence-corrected chi connectivity index (χ0v) is 12.3. The minimum atomic E-state index is -0.359. The van der Waals surface area contributed by atoms with Gasteiger partial charge in [-0.25, -0.2) is 0 Å². The average molecular weight is 282 g/mol. The summed E-state index contributed by atoms with van der Waals surface area (Å²) in [6.07, 6.45) is 8.95. The van der Waals surface area contributed by atoms with Crippen molar-refractivity contribution in [1.29, 1.82) is 0 Å². The van der Waals surface area contributed by atoms with Crippen LogP contribution in [-0.4, -0.2) is 10.9 Å². The van der Waals surface area contributed by atoms with Gasteiger partial charge in [-0.05, 0) is 67.1 Å². The van der Waals surface area contributed by atoms with Crippen molar-refractivity contribution in [3.05, 3.63) is 47.7 Å². The van der Waals surface area contributed by atoms with Crippen LogP contribution in [0.4, 0.5) is 0 Å². The molecule has 0 aliphatic heterocycles. The van der Waals surface area contributed by atoms with Gasteiger partial charge < -0.3 is 5.11 Å². The lowest BCUT2D eigenvalue weighted by Crippen LogP contribution is -2.43. The molecule has 2 saturated carbocycles. The molecule has 3 aliphatic carbocycles. The maximum absolute atomic E-state index is 12.5. The largest absolute Gasteiger partial charge is 0.516 e. The molecule has 0 spiro atoms. The molecule has 2 fully saturated rings. The lowest BCUT2D eigenvalue weighted by molar-refractivity contribution is -0.127. The van der Waals surface area contributed by atoms with Gasteiger partial charge in [-0.3, -0.25) is 4.79 Å². The Kier molecular flexibility index (Phi) is 2.95. The summed E-state index contributed by atoms with van der Waals surface area (Å²) in [6, 6.07) is 8.84. The second-order valence-electron chi connectivity index (χ2n) is 6.97. The second-order valence-corrected chi connectivity index (χ2v) is 6.97. The molecule has 1 N–H and O–H groups in total. The molecule has 0 amide bonds. The molecular weight excluding hydrogens is 260 g/mol.